The summed E-state index contributed by atoms with van der Waals surface area (Å²) in [6.07, 6.45) is 6.97. The standard InChI is InChI=1S/C14H18ClN/c1-2-4-14-13(5-3-10-16-14)11-6-8-12(15)9-7-11/h3,5-9,13-14,16H,2,4,10H2,1H3. The number of halogens is 1. The van der Waals surface area contributed by atoms with Crippen LogP contribution in [0.1, 0.15) is 31.2 Å². The molecule has 1 heterocycles. The Kier molecular flexibility index (Phi) is 4.03. The Bertz CT molecular complexity index is 356. The summed E-state index contributed by atoms with van der Waals surface area (Å²) in [5, 5.41) is 4.37. The molecule has 16 heavy (non-hydrogen) atoms. The number of hydrogen-bond donors (Lipinski definition) is 1. The Balaban J connectivity index is 2.19. The van der Waals surface area contributed by atoms with Crippen molar-refractivity contribution in [2.45, 2.75) is 31.7 Å². The van der Waals surface area contributed by atoms with Gasteiger partial charge in [0.1, 0.15) is 0 Å². The zero-order valence-corrected chi connectivity index (χ0v) is 10.4. The molecule has 0 spiro atoms. The SMILES string of the molecule is CCCC1NCC=CC1c1ccc(Cl)cc1. The van der Waals surface area contributed by atoms with Crippen molar-refractivity contribution in [1.82, 2.24) is 5.32 Å². The van der Waals surface area contributed by atoms with Crippen LogP contribution in [0, 0.1) is 0 Å². The van der Waals surface area contributed by atoms with E-state index >= 15 is 0 Å². The summed E-state index contributed by atoms with van der Waals surface area (Å²) < 4.78 is 0. The smallest absolute Gasteiger partial charge is 0.0406 e. The molecule has 0 aliphatic carbocycles. The van der Waals surface area contributed by atoms with E-state index in [0.29, 0.717) is 12.0 Å². The highest BCUT2D eigenvalue weighted by Gasteiger charge is 2.21. The van der Waals surface area contributed by atoms with Crippen molar-refractivity contribution in [1.29, 1.82) is 0 Å². The van der Waals surface area contributed by atoms with Crippen LogP contribution in [-0.4, -0.2) is 12.6 Å². The van der Waals surface area contributed by atoms with E-state index in [1.54, 1.807) is 0 Å². The fraction of sp³-hybridized carbons (Fsp3) is 0.429. The van der Waals surface area contributed by atoms with Gasteiger partial charge in [0.25, 0.3) is 0 Å². The highest BCUT2D eigenvalue weighted by molar-refractivity contribution is 6.30. The van der Waals surface area contributed by atoms with Crippen LogP contribution in [0.4, 0.5) is 0 Å². The second-order valence-electron chi connectivity index (χ2n) is 4.31. The lowest BCUT2D eigenvalue weighted by molar-refractivity contribution is 0.446. The monoisotopic (exact) mass is 235 g/mol. The molecule has 86 valence electrons. The normalized spacial score (nSPS) is 24.6. The first-order chi connectivity index (χ1) is 7.81. The van der Waals surface area contributed by atoms with E-state index < -0.39 is 0 Å². The third kappa shape index (κ3) is 2.66. The molecule has 2 atom stereocenters. The minimum Gasteiger partial charge on any atom is -0.310 e. The molecule has 0 aromatic heterocycles. The van der Waals surface area contributed by atoms with Crippen LogP contribution in [0.25, 0.3) is 0 Å². The highest BCUT2D eigenvalue weighted by Crippen LogP contribution is 2.27. The average Bonchev–Trinajstić information content (AvgIpc) is 2.32. The Labute approximate surface area is 103 Å². The predicted octanol–water partition coefficient (Wildman–Crippen LogP) is 3.75. The number of nitrogens with one attached hydrogen (secondary N) is 1. The van der Waals surface area contributed by atoms with Crippen molar-refractivity contribution in [3.63, 3.8) is 0 Å². The van der Waals surface area contributed by atoms with Gasteiger partial charge in [-0.1, -0.05) is 49.2 Å². The zero-order valence-electron chi connectivity index (χ0n) is 9.62. The Hall–Kier alpha value is -0.790. The minimum absolute atomic E-state index is 0.492. The maximum atomic E-state index is 5.91. The minimum atomic E-state index is 0.492. The molecule has 0 saturated carbocycles. The summed E-state index contributed by atoms with van der Waals surface area (Å²) in [5.41, 5.74) is 1.35. The fourth-order valence-corrected chi connectivity index (χ4v) is 2.44. The van der Waals surface area contributed by atoms with E-state index in [-0.39, 0.29) is 0 Å². The van der Waals surface area contributed by atoms with Crippen LogP contribution in [0.3, 0.4) is 0 Å². The molecule has 1 aliphatic heterocycles. The maximum Gasteiger partial charge on any atom is 0.0406 e. The van der Waals surface area contributed by atoms with Gasteiger partial charge in [0.2, 0.25) is 0 Å². The van der Waals surface area contributed by atoms with Gasteiger partial charge in [-0.25, -0.2) is 0 Å². The van der Waals surface area contributed by atoms with Gasteiger partial charge in [-0.15, -0.1) is 0 Å². The molecule has 1 aliphatic rings. The van der Waals surface area contributed by atoms with Crippen molar-refractivity contribution in [3.05, 3.63) is 47.0 Å². The van der Waals surface area contributed by atoms with E-state index in [0.717, 1.165) is 11.6 Å². The maximum absolute atomic E-state index is 5.91. The van der Waals surface area contributed by atoms with Crippen molar-refractivity contribution >= 4 is 11.6 Å². The lowest BCUT2D eigenvalue weighted by Crippen LogP contribution is -2.37. The first-order valence-electron chi connectivity index (χ1n) is 5.96. The van der Waals surface area contributed by atoms with Gasteiger partial charge in [0.05, 0.1) is 0 Å². The molecular weight excluding hydrogens is 218 g/mol. The molecule has 1 aromatic rings. The van der Waals surface area contributed by atoms with Crippen molar-refractivity contribution in [2.24, 2.45) is 0 Å². The number of rotatable bonds is 3. The summed E-state index contributed by atoms with van der Waals surface area (Å²) in [4.78, 5) is 0. The van der Waals surface area contributed by atoms with Gasteiger partial charge in [0, 0.05) is 23.5 Å². The van der Waals surface area contributed by atoms with E-state index in [4.69, 9.17) is 11.6 Å². The quantitative estimate of drug-likeness (QED) is 0.787. The van der Waals surface area contributed by atoms with Crippen LogP contribution < -0.4 is 5.32 Å². The summed E-state index contributed by atoms with van der Waals surface area (Å²) in [5.74, 6) is 0.492. The molecule has 2 rings (SSSR count). The van der Waals surface area contributed by atoms with Gasteiger partial charge < -0.3 is 5.32 Å². The molecule has 1 nitrogen and oxygen atoms in total. The van der Waals surface area contributed by atoms with Crippen LogP contribution >= 0.6 is 11.6 Å². The van der Waals surface area contributed by atoms with Crippen molar-refractivity contribution < 1.29 is 0 Å². The molecule has 2 unspecified atom stereocenters. The van der Waals surface area contributed by atoms with E-state index in [2.05, 4.69) is 36.5 Å². The number of hydrogen-bond acceptors (Lipinski definition) is 1. The molecule has 0 fully saturated rings. The molecular formula is C14H18ClN. The molecule has 0 bridgehead atoms. The van der Waals surface area contributed by atoms with Gasteiger partial charge in [-0.05, 0) is 24.1 Å². The van der Waals surface area contributed by atoms with Crippen LogP contribution in [0.15, 0.2) is 36.4 Å². The topological polar surface area (TPSA) is 12.0 Å². The van der Waals surface area contributed by atoms with E-state index in [1.807, 2.05) is 12.1 Å². The fourth-order valence-electron chi connectivity index (χ4n) is 2.32. The first-order valence-corrected chi connectivity index (χ1v) is 6.34. The second kappa shape index (κ2) is 5.51. The molecule has 0 amide bonds. The average molecular weight is 236 g/mol. The summed E-state index contributed by atoms with van der Waals surface area (Å²) >= 11 is 5.91. The van der Waals surface area contributed by atoms with Crippen molar-refractivity contribution in [3.8, 4) is 0 Å². The zero-order chi connectivity index (χ0) is 11.4. The van der Waals surface area contributed by atoms with E-state index in [1.165, 1.54) is 18.4 Å². The Morgan fingerprint density at radius 3 is 2.75 bits per heavy atom. The molecule has 2 heteroatoms. The summed E-state index contributed by atoms with van der Waals surface area (Å²) in [6, 6.07) is 8.78. The van der Waals surface area contributed by atoms with Gasteiger partial charge in [0.15, 0.2) is 0 Å². The van der Waals surface area contributed by atoms with Gasteiger partial charge in [-0.2, -0.15) is 0 Å². The van der Waals surface area contributed by atoms with Crippen molar-refractivity contribution in [2.75, 3.05) is 6.54 Å². The largest absolute Gasteiger partial charge is 0.310 e. The lowest BCUT2D eigenvalue weighted by atomic mass is 9.87. The number of benzene rings is 1. The third-order valence-electron chi connectivity index (χ3n) is 3.13. The molecule has 0 radical (unpaired) electrons. The molecule has 0 saturated heterocycles. The van der Waals surface area contributed by atoms with Gasteiger partial charge in [-0.3, -0.25) is 0 Å². The summed E-state index contributed by atoms with van der Waals surface area (Å²) in [6.45, 7) is 3.23. The molecule has 1 N–H and O–H groups in total. The van der Waals surface area contributed by atoms with Gasteiger partial charge >= 0.3 is 0 Å². The first kappa shape index (κ1) is 11.7. The Morgan fingerprint density at radius 1 is 1.31 bits per heavy atom. The van der Waals surface area contributed by atoms with Crippen LogP contribution in [0.2, 0.25) is 5.02 Å². The Morgan fingerprint density at radius 2 is 2.06 bits per heavy atom. The second-order valence-corrected chi connectivity index (χ2v) is 4.75. The van der Waals surface area contributed by atoms with Crippen LogP contribution in [0.5, 0.6) is 0 Å². The molecule has 1 aromatic carbocycles. The summed E-state index contributed by atoms with van der Waals surface area (Å²) in [7, 11) is 0. The third-order valence-corrected chi connectivity index (χ3v) is 3.38. The lowest BCUT2D eigenvalue weighted by Gasteiger charge is -2.29. The van der Waals surface area contributed by atoms with Crippen LogP contribution in [-0.2, 0) is 0 Å². The predicted molar refractivity (Wildman–Crippen MR) is 70.0 cm³/mol. The highest BCUT2D eigenvalue weighted by atomic mass is 35.5. The van der Waals surface area contributed by atoms with E-state index in [9.17, 15) is 0 Å².